The number of piperidine rings is 1. The van der Waals surface area contributed by atoms with Gasteiger partial charge in [-0.25, -0.2) is 4.79 Å². The number of nitrogens with zero attached hydrogens (tertiary/aromatic N) is 2. The van der Waals surface area contributed by atoms with E-state index in [0.29, 0.717) is 5.76 Å². The number of likely N-dealkylation sites (tertiary alicyclic amines) is 1. The minimum Gasteiger partial charge on any atom is -0.465 e. The Balaban J connectivity index is 2.21. The van der Waals surface area contributed by atoms with Gasteiger partial charge in [0.05, 0.1) is 0 Å². The average molecular weight is 266 g/mol. The third-order valence-corrected chi connectivity index (χ3v) is 3.24. The summed E-state index contributed by atoms with van der Waals surface area (Å²) >= 11 is 0. The predicted octanol–water partition coefficient (Wildman–Crippen LogP) is 1.12. The van der Waals surface area contributed by atoms with Gasteiger partial charge in [-0.1, -0.05) is 5.16 Å². The Bertz CT molecular complexity index is 536. The van der Waals surface area contributed by atoms with Gasteiger partial charge in [-0.3, -0.25) is 9.59 Å². The Kier molecular flexibility index (Phi) is 3.37. The number of ketones is 2. The molecule has 0 radical (unpaired) electrons. The Morgan fingerprint density at radius 2 is 2.21 bits per heavy atom. The molecule has 1 amide bonds. The lowest BCUT2D eigenvalue weighted by molar-refractivity contribution is -0.125. The Labute approximate surface area is 109 Å². The molecule has 0 aliphatic carbocycles. The van der Waals surface area contributed by atoms with Crippen LogP contribution in [0.2, 0.25) is 0 Å². The van der Waals surface area contributed by atoms with Crippen LogP contribution in [-0.2, 0) is 4.79 Å². The molecule has 1 aromatic rings. The number of hydrogen-bond acceptors (Lipinski definition) is 5. The van der Waals surface area contributed by atoms with E-state index in [2.05, 4.69) is 5.16 Å². The van der Waals surface area contributed by atoms with E-state index in [9.17, 15) is 14.4 Å². The van der Waals surface area contributed by atoms with Crippen LogP contribution >= 0.6 is 0 Å². The molecular weight excluding hydrogens is 252 g/mol. The van der Waals surface area contributed by atoms with Gasteiger partial charge in [-0.05, 0) is 13.8 Å². The first-order valence-corrected chi connectivity index (χ1v) is 5.90. The highest BCUT2D eigenvalue weighted by atomic mass is 16.5. The molecule has 7 heteroatoms. The largest absolute Gasteiger partial charge is 0.465 e. The zero-order valence-electron chi connectivity index (χ0n) is 10.6. The smallest absolute Gasteiger partial charge is 0.407 e. The molecule has 1 unspecified atom stereocenters. The maximum atomic E-state index is 12.1. The van der Waals surface area contributed by atoms with Crippen molar-refractivity contribution < 1.29 is 24.0 Å². The third-order valence-electron chi connectivity index (χ3n) is 3.24. The van der Waals surface area contributed by atoms with E-state index in [0.717, 1.165) is 4.90 Å². The Morgan fingerprint density at radius 1 is 1.53 bits per heavy atom. The van der Waals surface area contributed by atoms with Crippen molar-refractivity contribution in [2.75, 3.05) is 6.54 Å². The van der Waals surface area contributed by atoms with E-state index in [4.69, 9.17) is 9.63 Å². The monoisotopic (exact) mass is 266 g/mol. The Hall–Kier alpha value is -2.18. The van der Waals surface area contributed by atoms with Crippen LogP contribution in [0, 0.1) is 12.8 Å². The second-order valence-electron chi connectivity index (χ2n) is 4.69. The van der Waals surface area contributed by atoms with Crippen LogP contribution in [0.1, 0.15) is 29.6 Å². The molecular formula is C12H14N2O5. The van der Waals surface area contributed by atoms with Crippen molar-refractivity contribution in [3.8, 4) is 0 Å². The highest BCUT2D eigenvalue weighted by Crippen LogP contribution is 2.22. The van der Waals surface area contributed by atoms with Gasteiger partial charge in [0, 0.05) is 25.1 Å². The molecule has 0 bridgehead atoms. The van der Waals surface area contributed by atoms with Crippen molar-refractivity contribution in [2.24, 2.45) is 5.92 Å². The average Bonchev–Trinajstić information content (AvgIpc) is 2.74. The van der Waals surface area contributed by atoms with Gasteiger partial charge in [-0.15, -0.1) is 0 Å². The second-order valence-corrected chi connectivity index (χ2v) is 4.69. The molecule has 2 rings (SSSR count). The van der Waals surface area contributed by atoms with Crippen molar-refractivity contribution in [1.82, 2.24) is 10.1 Å². The topological polar surface area (TPSA) is 101 Å². The van der Waals surface area contributed by atoms with Crippen molar-refractivity contribution in [1.29, 1.82) is 0 Å². The van der Waals surface area contributed by atoms with Crippen LogP contribution in [-0.4, -0.2) is 45.4 Å². The standard InChI is InChI=1S/C12H14N2O5/c1-6-3-10(15)8(5-14(6)12(17)18)11(16)9-4-7(2)19-13-9/h4,6,8H,3,5H2,1-2H3,(H,17,18)/t6-,8?/m0/s1. The lowest BCUT2D eigenvalue weighted by atomic mass is 9.88. The van der Waals surface area contributed by atoms with E-state index >= 15 is 0 Å². The maximum Gasteiger partial charge on any atom is 0.407 e. The molecule has 2 heterocycles. The molecule has 1 aromatic heterocycles. The fourth-order valence-electron chi connectivity index (χ4n) is 2.18. The van der Waals surface area contributed by atoms with Gasteiger partial charge in [0.1, 0.15) is 17.5 Å². The zero-order valence-corrected chi connectivity index (χ0v) is 10.6. The van der Waals surface area contributed by atoms with E-state index < -0.39 is 23.8 Å². The van der Waals surface area contributed by atoms with Crippen LogP contribution in [0.3, 0.4) is 0 Å². The number of aromatic nitrogens is 1. The molecule has 7 nitrogen and oxygen atoms in total. The summed E-state index contributed by atoms with van der Waals surface area (Å²) in [7, 11) is 0. The van der Waals surface area contributed by atoms with Crippen molar-refractivity contribution in [2.45, 2.75) is 26.3 Å². The molecule has 102 valence electrons. The molecule has 1 aliphatic rings. The molecule has 1 N–H and O–H groups in total. The molecule has 0 saturated carbocycles. The minimum atomic E-state index is -1.13. The van der Waals surface area contributed by atoms with E-state index in [1.807, 2.05) is 0 Å². The van der Waals surface area contributed by atoms with Gasteiger partial charge in [0.25, 0.3) is 0 Å². The van der Waals surface area contributed by atoms with Gasteiger partial charge < -0.3 is 14.5 Å². The summed E-state index contributed by atoms with van der Waals surface area (Å²) in [5.74, 6) is -1.26. The quantitative estimate of drug-likeness (QED) is 0.636. The van der Waals surface area contributed by atoms with E-state index in [1.165, 1.54) is 6.07 Å². The van der Waals surface area contributed by atoms with Crippen molar-refractivity contribution in [3.05, 3.63) is 17.5 Å². The molecule has 19 heavy (non-hydrogen) atoms. The number of carbonyl (C=O) groups is 3. The van der Waals surface area contributed by atoms with Gasteiger partial charge >= 0.3 is 6.09 Å². The lowest BCUT2D eigenvalue weighted by Crippen LogP contribution is -2.51. The number of Topliss-reactive ketones (excluding diaryl/α,β-unsaturated/α-hetero) is 2. The molecule has 0 aromatic carbocycles. The molecule has 2 atom stereocenters. The van der Waals surface area contributed by atoms with E-state index in [-0.39, 0.29) is 24.4 Å². The van der Waals surface area contributed by atoms with E-state index in [1.54, 1.807) is 13.8 Å². The van der Waals surface area contributed by atoms with Gasteiger partial charge in [-0.2, -0.15) is 0 Å². The zero-order chi connectivity index (χ0) is 14.2. The van der Waals surface area contributed by atoms with Gasteiger partial charge in [0.2, 0.25) is 0 Å². The fraction of sp³-hybridized carbons (Fsp3) is 0.500. The fourth-order valence-corrected chi connectivity index (χ4v) is 2.18. The number of carboxylic acid groups (broad SMARTS) is 1. The maximum absolute atomic E-state index is 12.1. The molecule has 1 aliphatic heterocycles. The van der Waals surface area contributed by atoms with Crippen molar-refractivity contribution in [3.63, 3.8) is 0 Å². The van der Waals surface area contributed by atoms with Crippen LogP contribution in [0.4, 0.5) is 4.79 Å². The summed E-state index contributed by atoms with van der Waals surface area (Å²) in [6.07, 6.45) is -1.09. The SMILES string of the molecule is Cc1cc(C(=O)C2CN(C(=O)O)[C@@H](C)CC2=O)no1. The highest BCUT2D eigenvalue weighted by molar-refractivity contribution is 6.10. The summed E-state index contributed by atoms with van der Waals surface area (Å²) in [4.78, 5) is 36.2. The molecule has 1 saturated heterocycles. The first kappa shape index (κ1) is 13.3. The third kappa shape index (κ3) is 2.49. The van der Waals surface area contributed by atoms with Gasteiger partial charge in [0.15, 0.2) is 11.5 Å². The first-order valence-electron chi connectivity index (χ1n) is 5.90. The summed E-state index contributed by atoms with van der Waals surface area (Å²) in [6, 6.07) is 1.03. The summed E-state index contributed by atoms with van der Waals surface area (Å²) in [5.41, 5.74) is 0.0655. The van der Waals surface area contributed by atoms with Crippen LogP contribution in [0.25, 0.3) is 0 Å². The number of aryl methyl sites for hydroxylation is 1. The number of carbonyl (C=O) groups excluding carboxylic acids is 2. The Morgan fingerprint density at radius 3 is 2.74 bits per heavy atom. The summed E-state index contributed by atoms with van der Waals surface area (Å²) in [5, 5.41) is 12.6. The number of amides is 1. The lowest BCUT2D eigenvalue weighted by Gasteiger charge is -2.34. The first-order chi connectivity index (χ1) is 8.90. The van der Waals surface area contributed by atoms with Crippen LogP contribution in [0.15, 0.2) is 10.6 Å². The number of hydrogen-bond donors (Lipinski definition) is 1. The molecule has 0 spiro atoms. The van der Waals surface area contributed by atoms with Crippen molar-refractivity contribution >= 4 is 17.7 Å². The van der Waals surface area contributed by atoms with Crippen LogP contribution in [0.5, 0.6) is 0 Å². The summed E-state index contributed by atoms with van der Waals surface area (Å²) < 4.78 is 4.80. The highest BCUT2D eigenvalue weighted by Gasteiger charge is 2.39. The van der Waals surface area contributed by atoms with Crippen LogP contribution < -0.4 is 0 Å². The minimum absolute atomic E-state index is 0.0412. The second kappa shape index (κ2) is 4.83. The molecule has 1 fully saturated rings. The normalized spacial score (nSPS) is 23.5. The predicted molar refractivity (Wildman–Crippen MR) is 62.9 cm³/mol. The summed E-state index contributed by atoms with van der Waals surface area (Å²) in [6.45, 7) is 3.16. The number of rotatable bonds is 2.